The Morgan fingerprint density at radius 2 is 2.06 bits per heavy atom. The summed E-state index contributed by atoms with van der Waals surface area (Å²) in [5, 5.41) is 0.194. The first-order chi connectivity index (χ1) is 7.42. The molecule has 0 unspecified atom stereocenters. The third-order valence-corrected chi connectivity index (χ3v) is 2.15. The fourth-order valence-electron chi connectivity index (χ4n) is 1.02. The van der Waals surface area contributed by atoms with Gasteiger partial charge in [-0.25, -0.2) is 0 Å². The highest BCUT2D eigenvalue weighted by Gasteiger charge is 2.31. The summed E-state index contributed by atoms with van der Waals surface area (Å²) in [5.74, 6) is 0.192. The van der Waals surface area contributed by atoms with Crippen LogP contribution in [-0.2, 0) is 0 Å². The summed E-state index contributed by atoms with van der Waals surface area (Å²) in [4.78, 5) is 0. The van der Waals surface area contributed by atoms with Gasteiger partial charge in [-0.3, -0.25) is 0 Å². The molecule has 0 aliphatic heterocycles. The van der Waals surface area contributed by atoms with Gasteiger partial charge in [-0.2, -0.15) is 12.6 Å². The van der Waals surface area contributed by atoms with E-state index in [0.717, 1.165) is 6.07 Å². The van der Waals surface area contributed by atoms with Crippen LogP contribution in [0.5, 0.6) is 5.75 Å². The first-order valence-corrected chi connectivity index (χ1v) is 5.26. The van der Waals surface area contributed by atoms with E-state index in [9.17, 15) is 13.2 Å². The fourth-order valence-corrected chi connectivity index (χ4v) is 1.36. The van der Waals surface area contributed by atoms with Crippen LogP contribution >= 0.6 is 24.2 Å². The van der Waals surface area contributed by atoms with Crippen LogP contribution in [0, 0.1) is 0 Å². The van der Waals surface area contributed by atoms with E-state index in [1.807, 2.05) is 0 Å². The fraction of sp³-hybridized carbons (Fsp3) is 0.200. The maximum absolute atomic E-state index is 11.9. The number of alkyl halides is 3. The van der Waals surface area contributed by atoms with Crippen LogP contribution in [0.2, 0.25) is 5.02 Å². The molecule has 0 fully saturated rings. The largest absolute Gasteiger partial charge is 0.573 e. The molecule has 1 aromatic carbocycles. The SMILES string of the molecule is FC(F)(F)Oc1ccc(C=CCS)c(Cl)c1. The van der Waals surface area contributed by atoms with Crippen LogP contribution in [0.3, 0.4) is 0 Å². The third-order valence-electron chi connectivity index (χ3n) is 1.61. The molecule has 0 saturated carbocycles. The zero-order chi connectivity index (χ0) is 12.2. The van der Waals surface area contributed by atoms with Crippen LogP contribution in [0.1, 0.15) is 5.56 Å². The second kappa shape index (κ2) is 5.50. The predicted molar refractivity (Wildman–Crippen MR) is 61.0 cm³/mol. The number of rotatable bonds is 3. The molecule has 6 heteroatoms. The van der Waals surface area contributed by atoms with Crippen molar-refractivity contribution in [3.8, 4) is 5.75 Å². The lowest BCUT2D eigenvalue weighted by Gasteiger charge is -2.09. The predicted octanol–water partition coefficient (Wildman–Crippen LogP) is 4.18. The van der Waals surface area contributed by atoms with Gasteiger partial charge < -0.3 is 4.74 Å². The van der Waals surface area contributed by atoms with Crippen molar-refractivity contribution in [2.24, 2.45) is 0 Å². The Bertz CT molecular complexity index is 390. The Morgan fingerprint density at radius 1 is 1.38 bits per heavy atom. The molecule has 0 bridgehead atoms. The molecule has 1 nitrogen and oxygen atoms in total. The molecule has 88 valence electrons. The lowest BCUT2D eigenvalue weighted by atomic mass is 10.2. The molecular weight excluding hydrogens is 261 g/mol. The molecular formula is C10H8ClF3OS. The van der Waals surface area contributed by atoms with Crippen molar-refractivity contribution < 1.29 is 17.9 Å². The first kappa shape index (κ1) is 13.3. The topological polar surface area (TPSA) is 9.23 Å². The van der Waals surface area contributed by atoms with Gasteiger partial charge in [0.15, 0.2) is 0 Å². The summed E-state index contributed by atoms with van der Waals surface area (Å²) in [7, 11) is 0. The molecule has 0 saturated heterocycles. The maximum Gasteiger partial charge on any atom is 0.573 e. The van der Waals surface area contributed by atoms with Gasteiger partial charge in [-0.1, -0.05) is 23.8 Å². The van der Waals surface area contributed by atoms with Gasteiger partial charge in [-0.15, -0.1) is 13.2 Å². The summed E-state index contributed by atoms with van der Waals surface area (Å²) in [6, 6.07) is 3.77. The molecule has 0 aromatic heterocycles. The number of hydrogen-bond acceptors (Lipinski definition) is 2. The minimum Gasteiger partial charge on any atom is -0.406 e. The Kier molecular flexibility index (Phi) is 4.56. The molecule has 0 N–H and O–H groups in total. The number of benzene rings is 1. The van der Waals surface area contributed by atoms with E-state index < -0.39 is 6.36 Å². The molecule has 16 heavy (non-hydrogen) atoms. The monoisotopic (exact) mass is 268 g/mol. The normalized spacial score (nSPS) is 12.1. The van der Waals surface area contributed by atoms with Gasteiger partial charge >= 0.3 is 6.36 Å². The molecule has 0 heterocycles. The van der Waals surface area contributed by atoms with E-state index in [0.29, 0.717) is 11.3 Å². The third kappa shape index (κ3) is 4.37. The van der Waals surface area contributed by atoms with Crippen molar-refractivity contribution in [1.82, 2.24) is 0 Å². The summed E-state index contributed by atoms with van der Waals surface area (Å²) in [6.45, 7) is 0. The minimum absolute atomic E-state index is 0.194. The van der Waals surface area contributed by atoms with Crippen molar-refractivity contribution in [1.29, 1.82) is 0 Å². The average molecular weight is 269 g/mol. The molecule has 1 rings (SSSR count). The van der Waals surface area contributed by atoms with E-state index in [4.69, 9.17) is 11.6 Å². The number of halogens is 4. The van der Waals surface area contributed by atoms with Crippen molar-refractivity contribution in [2.45, 2.75) is 6.36 Å². The molecule has 0 amide bonds. The van der Waals surface area contributed by atoms with Crippen molar-refractivity contribution in [2.75, 3.05) is 5.75 Å². The van der Waals surface area contributed by atoms with E-state index in [1.165, 1.54) is 12.1 Å². The zero-order valence-corrected chi connectivity index (χ0v) is 9.61. The Hall–Kier alpha value is -0.810. The maximum atomic E-state index is 11.9. The van der Waals surface area contributed by atoms with Gasteiger partial charge in [0.1, 0.15) is 5.75 Å². The molecule has 0 radical (unpaired) electrons. The Morgan fingerprint density at radius 3 is 2.56 bits per heavy atom. The van der Waals surface area contributed by atoms with Gasteiger partial charge in [-0.05, 0) is 23.8 Å². The molecule has 1 aromatic rings. The first-order valence-electron chi connectivity index (χ1n) is 4.25. The summed E-state index contributed by atoms with van der Waals surface area (Å²) in [5.41, 5.74) is 0.616. The van der Waals surface area contributed by atoms with Crippen LogP contribution < -0.4 is 4.74 Å². The van der Waals surface area contributed by atoms with Crippen LogP contribution in [0.25, 0.3) is 6.08 Å². The standard InChI is InChI=1S/C10H8ClF3OS/c11-9-6-8(15-10(12,13)14)4-3-7(9)2-1-5-16/h1-4,6,16H,5H2. The Balaban J connectivity index is 2.87. The summed E-state index contributed by atoms with van der Waals surface area (Å²) in [6.07, 6.45) is -1.30. The summed E-state index contributed by atoms with van der Waals surface area (Å²) >= 11 is 9.73. The summed E-state index contributed by atoms with van der Waals surface area (Å²) < 4.78 is 39.4. The lowest BCUT2D eigenvalue weighted by Crippen LogP contribution is -2.17. The van der Waals surface area contributed by atoms with Crippen LogP contribution in [0.15, 0.2) is 24.3 Å². The number of ether oxygens (including phenoxy) is 1. The van der Waals surface area contributed by atoms with E-state index in [2.05, 4.69) is 17.4 Å². The lowest BCUT2D eigenvalue weighted by molar-refractivity contribution is -0.274. The van der Waals surface area contributed by atoms with Gasteiger partial charge in [0.25, 0.3) is 0 Å². The molecule has 0 aliphatic rings. The van der Waals surface area contributed by atoms with Gasteiger partial charge in [0, 0.05) is 5.75 Å². The highest BCUT2D eigenvalue weighted by molar-refractivity contribution is 7.80. The Labute approximate surface area is 101 Å². The zero-order valence-electron chi connectivity index (χ0n) is 7.96. The second-order valence-electron chi connectivity index (χ2n) is 2.82. The highest BCUT2D eigenvalue weighted by atomic mass is 35.5. The van der Waals surface area contributed by atoms with Crippen molar-refractivity contribution in [3.63, 3.8) is 0 Å². The van der Waals surface area contributed by atoms with E-state index >= 15 is 0 Å². The molecule has 0 atom stereocenters. The molecule has 0 spiro atoms. The van der Waals surface area contributed by atoms with Gasteiger partial charge in [0.2, 0.25) is 0 Å². The number of thiol groups is 1. The van der Waals surface area contributed by atoms with E-state index in [-0.39, 0.29) is 10.8 Å². The second-order valence-corrected chi connectivity index (χ2v) is 3.59. The van der Waals surface area contributed by atoms with Crippen LogP contribution in [-0.4, -0.2) is 12.1 Å². The average Bonchev–Trinajstić information content (AvgIpc) is 2.14. The minimum atomic E-state index is -4.70. The van der Waals surface area contributed by atoms with Crippen LogP contribution in [0.4, 0.5) is 13.2 Å². The smallest absolute Gasteiger partial charge is 0.406 e. The highest BCUT2D eigenvalue weighted by Crippen LogP contribution is 2.28. The quantitative estimate of drug-likeness (QED) is 0.809. The van der Waals surface area contributed by atoms with Crippen molar-refractivity contribution >= 4 is 30.3 Å². The number of hydrogen-bond donors (Lipinski definition) is 1. The van der Waals surface area contributed by atoms with Gasteiger partial charge in [0.05, 0.1) is 5.02 Å². The van der Waals surface area contributed by atoms with E-state index in [1.54, 1.807) is 12.2 Å². The molecule has 0 aliphatic carbocycles. The van der Waals surface area contributed by atoms with Crippen molar-refractivity contribution in [3.05, 3.63) is 34.9 Å².